The van der Waals surface area contributed by atoms with E-state index in [4.69, 9.17) is 0 Å². The molecule has 13 heteroatoms. The van der Waals surface area contributed by atoms with Crippen LogP contribution in [0.1, 0.15) is 38.5 Å². The van der Waals surface area contributed by atoms with Gasteiger partial charge in [-0.1, -0.05) is 0 Å². The van der Waals surface area contributed by atoms with Crippen molar-refractivity contribution in [1.82, 2.24) is 30.3 Å². The van der Waals surface area contributed by atoms with Crippen LogP contribution in [0.15, 0.2) is 24.7 Å². The Morgan fingerprint density at radius 1 is 1.23 bits per heavy atom. The Kier molecular flexibility index (Phi) is 7.24. The number of aliphatic hydroxyl groups is 1. The predicted molar refractivity (Wildman–Crippen MR) is 120 cm³/mol. The van der Waals surface area contributed by atoms with Crippen molar-refractivity contribution in [1.29, 1.82) is 0 Å². The van der Waals surface area contributed by atoms with Crippen LogP contribution in [0.25, 0.3) is 22.3 Å². The molecule has 9 nitrogen and oxygen atoms in total. The number of rotatable bonds is 11. The molecule has 0 aliphatic heterocycles. The first-order valence-electron chi connectivity index (χ1n) is 11.3. The number of alkyl halides is 4. The summed E-state index contributed by atoms with van der Waals surface area (Å²) in [5, 5.41) is 28.9. The molecule has 0 spiro atoms. The number of anilines is 1. The Hall–Kier alpha value is -3.22. The number of H-pyrrole nitrogens is 1. The quantitative estimate of drug-likeness (QED) is 0.238. The topological polar surface area (TPSA) is 121 Å². The zero-order chi connectivity index (χ0) is 25.1. The summed E-state index contributed by atoms with van der Waals surface area (Å²) in [6.07, 6.45) is 9.59. The number of aromatic nitrogens is 5. The van der Waals surface area contributed by atoms with Gasteiger partial charge in [-0.05, 0) is 44.6 Å². The molecule has 35 heavy (non-hydrogen) atoms. The molecule has 1 atom stereocenters. The van der Waals surface area contributed by atoms with E-state index in [1.165, 1.54) is 0 Å². The zero-order valence-electron chi connectivity index (χ0n) is 18.9. The molecule has 1 amide bonds. The molecule has 3 aromatic rings. The molecular weight excluding hydrogens is 470 g/mol. The molecule has 4 N–H and O–H groups in total. The molecule has 3 aromatic heterocycles. The van der Waals surface area contributed by atoms with E-state index in [0.717, 1.165) is 35.1 Å². The largest absolute Gasteiger partial charge is 0.393 e. The lowest BCUT2D eigenvalue weighted by Crippen LogP contribution is -2.34. The van der Waals surface area contributed by atoms with Crippen LogP contribution in [0.3, 0.4) is 0 Å². The van der Waals surface area contributed by atoms with Crippen LogP contribution in [0, 0.1) is 0 Å². The minimum atomic E-state index is -3.67. The number of nitrogens with one attached hydrogen (secondary N) is 3. The smallest absolute Gasteiger partial charge is 0.379 e. The van der Waals surface area contributed by atoms with Crippen molar-refractivity contribution in [2.75, 3.05) is 11.9 Å². The van der Waals surface area contributed by atoms with Gasteiger partial charge in [0, 0.05) is 29.9 Å². The van der Waals surface area contributed by atoms with Gasteiger partial charge in [-0.2, -0.15) is 23.4 Å². The summed E-state index contributed by atoms with van der Waals surface area (Å²) in [5.74, 6) is 0. The second kappa shape index (κ2) is 10.2. The van der Waals surface area contributed by atoms with Crippen molar-refractivity contribution in [3.63, 3.8) is 0 Å². The average molecular weight is 497 g/mol. The molecule has 2 fully saturated rings. The maximum atomic E-state index is 14.0. The molecule has 2 aliphatic carbocycles. The minimum Gasteiger partial charge on any atom is -0.393 e. The first-order chi connectivity index (χ1) is 16.7. The maximum Gasteiger partial charge on any atom is 0.379 e. The number of carbonyl (C=O) groups is 1. The van der Waals surface area contributed by atoms with Gasteiger partial charge in [0.1, 0.15) is 11.4 Å². The van der Waals surface area contributed by atoms with Gasteiger partial charge in [-0.15, -0.1) is 0 Å². The molecule has 2 saturated carbocycles. The Balaban J connectivity index is 0.000000672. The number of nitrogens with zero attached hydrogens (tertiary/aromatic N) is 4. The number of amides is 1. The molecule has 3 heterocycles. The van der Waals surface area contributed by atoms with Crippen molar-refractivity contribution < 1.29 is 27.5 Å². The SMILES string of the molecule is FC(F)F.O=CNC1(CC(O)CCNc2cn[nH]c2-c2cc3nn(CC4(F)CC4)cc3cn2)CC1. The standard InChI is InChI=1S/C21H26FN7O2.CHF3/c22-20(2-3-20)12-29-11-14-9-24-17(7-16(14)28-29)19-18(10-26-27-19)23-6-1-15(31)8-21(4-5-21)25-13-30;2-1(3)4/h7,9-11,13,15,23,31H,1-6,8,12H2,(H,25,30)(H,26,27);1H. The summed E-state index contributed by atoms with van der Waals surface area (Å²) in [6, 6.07) is 1.86. The summed E-state index contributed by atoms with van der Waals surface area (Å²) in [4.78, 5) is 15.2. The first-order valence-corrected chi connectivity index (χ1v) is 11.3. The van der Waals surface area contributed by atoms with Crippen molar-refractivity contribution in [3.8, 4) is 11.4 Å². The number of fused-ring (bicyclic) bond motifs is 1. The van der Waals surface area contributed by atoms with E-state index in [1.54, 1.807) is 17.1 Å². The minimum absolute atomic E-state index is 0.216. The van der Waals surface area contributed by atoms with Gasteiger partial charge in [0.05, 0.1) is 35.7 Å². The van der Waals surface area contributed by atoms with E-state index in [0.29, 0.717) is 44.3 Å². The van der Waals surface area contributed by atoms with Gasteiger partial charge in [-0.25, -0.2) is 4.39 Å². The number of pyridine rings is 1. The van der Waals surface area contributed by atoms with Gasteiger partial charge >= 0.3 is 6.68 Å². The molecule has 190 valence electrons. The van der Waals surface area contributed by atoms with Crippen LogP contribution in [-0.4, -0.2) is 67.0 Å². The summed E-state index contributed by atoms with van der Waals surface area (Å²) < 4.78 is 44.7. The van der Waals surface area contributed by atoms with E-state index >= 15 is 0 Å². The average Bonchev–Trinajstić information content (AvgIpc) is 3.58. The normalized spacial score (nSPS) is 18.0. The van der Waals surface area contributed by atoms with Crippen LogP contribution in [0.4, 0.5) is 23.2 Å². The second-order valence-corrected chi connectivity index (χ2v) is 9.13. The summed E-state index contributed by atoms with van der Waals surface area (Å²) in [6.45, 7) is -2.83. The Bertz CT molecular complexity index is 1140. The molecule has 0 saturated heterocycles. The molecular formula is C22H27F4N7O2. The highest BCUT2D eigenvalue weighted by molar-refractivity contribution is 5.83. The van der Waals surface area contributed by atoms with Crippen molar-refractivity contribution in [3.05, 3.63) is 24.7 Å². The predicted octanol–water partition coefficient (Wildman–Crippen LogP) is 3.33. The highest BCUT2D eigenvalue weighted by Crippen LogP contribution is 2.41. The fraction of sp³-hybridized carbons (Fsp3) is 0.545. The molecule has 5 rings (SSSR count). The number of halogens is 4. The third-order valence-corrected chi connectivity index (χ3v) is 6.21. The summed E-state index contributed by atoms with van der Waals surface area (Å²) in [5.41, 5.74) is 1.63. The lowest BCUT2D eigenvalue weighted by atomic mass is 10.1. The monoisotopic (exact) mass is 497 g/mol. The van der Waals surface area contributed by atoms with Crippen LogP contribution in [0.2, 0.25) is 0 Å². The van der Waals surface area contributed by atoms with Crippen molar-refractivity contribution in [2.24, 2.45) is 0 Å². The lowest BCUT2D eigenvalue weighted by molar-refractivity contribution is -0.110. The Labute approximate surface area is 198 Å². The van der Waals surface area contributed by atoms with Crippen molar-refractivity contribution >= 4 is 23.0 Å². The zero-order valence-corrected chi connectivity index (χ0v) is 18.9. The number of hydrogen-bond donors (Lipinski definition) is 4. The van der Waals surface area contributed by atoms with Gasteiger partial charge in [0.15, 0.2) is 0 Å². The van der Waals surface area contributed by atoms with Gasteiger partial charge in [-0.3, -0.25) is 19.6 Å². The number of aromatic amines is 1. The first kappa shape index (κ1) is 24.9. The molecule has 0 radical (unpaired) electrons. The molecule has 1 unspecified atom stereocenters. The van der Waals surface area contributed by atoms with Crippen LogP contribution in [-0.2, 0) is 11.3 Å². The highest BCUT2D eigenvalue weighted by Gasteiger charge is 2.44. The lowest BCUT2D eigenvalue weighted by Gasteiger charge is -2.19. The Morgan fingerprint density at radius 3 is 2.63 bits per heavy atom. The van der Waals surface area contributed by atoms with Crippen LogP contribution >= 0.6 is 0 Å². The van der Waals surface area contributed by atoms with E-state index < -0.39 is 18.5 Å². The van der Waals surface area contributed by atoms with Crippen LogP contribution in [0.5, 0.6) is 0 Å². The Morgan fingerprint density at radius 2 is 1.97 bits per heavy atom. The van der Waals surface area contributed by atoms with Gasteiger partial charge in [0.25, 0.3) is 0 Å². The van der Waals surface area contributed by atoms with Gasteiger partial charge in [0.2, 0.25) is 6.41 Å². The van der Waals surface area contributed by atoms with E-state index in [2.05, 4.69) is 30.9 Å². The third kappa shape index (κ3) is 6.68. The summed E-state index contributed by atoms with van der Waals surface area (Å²) >= 11 is 0. The number of carbonyl (C=O) groups excluding carboxylic acids is 1. The number of aliphatic hydroxyl groups excluding tert-OH is 1. The molecule has 2 aliphatic rings. The van der Waals surface area contributed by atoms with Gasteiger partial charge < -0.3 is 15.7 Å². The van der Waals surface area contributed by atoms with E-state index in [1.807, 2.05) is 12.3 Å². The summed E-state index contributed by atoms with van der Waals surface area (Å²) in [7, 11) is 0. The maximum absolute atomic E-state index is 14.0. The third-order valence-electron chi connectivity index (χ3n) is 6.21. The second-order valence-electron chi connectivity index (χ2n) is 9.13. The molecule has 0 bridgehead atoms. The number of hydrogen-bond acceptors (Lipinski definition) is 6. The molecule has 0 aromatic carbocycles. The van der Waals surface area contributed by atoms with Crippen LogP contribution < -0.4 is 10.6 Å². The van der Waals surface area contributed by atoms with E-state index in [9.17, 15) is 27.5 Å². The fourth-order valence-corrected chi connectivity index (χ4v) is 4.00. The highest BCUT2D eigenvalue weighted by atomic mass is 19.4. The van der Waals surface area contributed by atoms with Crippen molar-refractivity contribution in [2.45, 2.75) is 69.1 Å². The van der Waals surface area contributed by atoms with E-state index in [-0.39, 0.29) is 12.1 Å². The fourth-order valence-electron chi connectivity index (χ4n) is 4.00.